The minimum atomic E-state index is 0.350. The van der Waals surface area contributed by atoms with Crippen LogP contribution in [0.1, 0.15) is 51.9 Å². The number of thioether (sulfide) groups is 1. The number of nitrogens with zero attached hydrogens (tertiary/aromatic N) is 1. The molecule has 2 rings (SSSR count). The van der Waals surface area contributed by atoms with E-state index in [1.54, 1.807) is 0 Å². The van der Waals surface area contributed by atoms with Gasteiger partial charge in [-0.2, -0.15) is 11.8 Å². The third-order valence-corrected chi connectivity index (χ3v) is 6.46. The third-order valence-electron chi connectivity index (χ3n) is 5.33. The molecule has 0 amide bonds. The van der Waals surface area contributed by atoms with Gasteiger partial charge in [-0.3, -0.25) is 4.90 Å². The Hall–Kier alpha value is 0.270. The average Bonchev–Trinajstić information content (AvgIpc) is 2.47. The first-order chi connectivity index (χ1) is 8.74. The molecule has 2 aliphatic rings. The second kappa shape index (κ2) is 6.62. The molecule has 0 radical (unpaired) electrons. The molecule has 2 fully saturated rings. The van der Waals surface area contributed by atoms with Crippen LogP contribution in [0.4, 0.5) is 0 Å². The molecule has 0 aromatic carbocycles. The van der Waals surface area contributed by atoms with Crippen molar-refractivity contribution in [2.75, 3.05) is 25.9 Å². The van der Waals surface area contributed by atoms with Crippen LogP contribution in [0, 0.1) is 5.92 Å². The number of piperidine rings is 1. The molecular weight excluding hydrogens is 240 g/mol. The Balaban J connectivity index is 1.99. The molecule has 1 aliphatic carbocycles. The molecule has 1 saturated heterocycles. The molecule has 1 saturated carbocycles. The van der Waals surface area contributed by atoms with Gasteiger partial charge in [-0.25, -0.2) is 0 Å². The molecule has 106 valence electrons. The van der Waals surface area contributed by atoms with Gasteiger partial charge in [0.25, 0.3) is 0 Å². The zero-order valence-corrected chi connectivity index (χ0v) is 13.0. The van der Waals surface area contributed by atoms with E-state index in [4.69, 9.17) is 5.73 Å². The summed E-state index contributed by atoms with van der Waals surface area (Å²) in [6.07, 6.45) is 11.8. The number of nitrogens with two attached hydrogens (primary N) is 1. The predicted molar refractivity (Wildman–Crippen MR) is 82.1 cm³/mol. The molecule has 0 aromatic rings. The van der Waals surface area contributed by atoms with Crippen LogP contribution in [0.15, 0.2) is 0 Å². The van der Waals surface area contributed by atoms with Gasteiger partial charge in [0.1, 0.15) is 0 Å². The molecule has 1 aliphatic heterocycles. The van der Waals surface area contributed by atoms with Crippen LogP contribution in [-0.2, 0) is 0 Å². The standard InChI is InChI=1S/C15H30N2S/c1-3-13-5-4-8-15(11-13,12-16)17-9-6-14(18-2)7-10-17/h13-14H,3-12,16H2,1-2H3. The number of hydrogen-bond acceptors (Lipinski definition) is 3. The van der Waals surface area contributed by atoms with Crippen LogP contribution in [0.5, 0.6) is 0 Å². The van der Waals surface area contributed by atoms with E-state index in [1.807, 2.05) is 11.8 Å². The lowest BCUT2D eigenvalue weighted by atomic mass is 9.73. The van der Waals surface area contributed by atoms with Crippen molar-refractivity contribution >= 4 is 11.8 Å². The fourth-order valence-corrected chi connectivity index (χ4v) is 4.66. The summed E-state index contributed by atoms with van der Waals surface area (Å²) in [6.45, 7) is 5.77. The van der Waals surface area contributed by atoms with E-state index in [0.29, 0.717) is 5.54 Å². The highest BCUT2D eigenvalue weighted by Crippen LogP contribution is 2.39. The summed E-state index contributed by atoms with van der Waals surface area (Å²) in [7, 11) is 0. The van der Waals surface area contributed by atoms with Gasteiger partial charge in [0, 0.05) is 17.3 Å². The highest BCUT2D eigenvalue weighted by atomic mass is 32.2. The molecule has 2 atom stereocenters. The summed E-state index contributed by atoms with van der Waals surface area (Å²) in [4.78, 5) is 2.75. The van der Waals surface area contributed by atoms with Gasteiger partial charge in [-0.15, -0.1) is 0 Å². The normalized spacial score (nSPS) is 35.8. The molecular formula is C15H30N2S. The molecule has 2 N–H and O–H groups in total. The van der Waals surface area contributed by atoms with Crippen molar-refractivity contribution in [3.8, 4) is 0 Å². The zero-order valence-electron chi connectivity index (χ0n) is 12.2. The number of rotatable bonds is 4. The molecule has 3 heteroatoms. The maximum atomic E-state index is 6.21. The minimum Gasteiger partial charge on any atom is -0.329 e. The summed E-state index contributed by atoms with van der Waals surface area (Å²) >= 11 is 2.05. The van der Waals surface area contributed by atoms with Gasteiger partial charge in [0.15, 0.2) is 0 Å². The highest BCUT2D eigenvalue weighted by molar-refractivity contribution is 7.99. The van der Waals surface area contributed by atoms with Crippen molar-refractivity contribution in [2.45, 2.75) is 62.7 Å². The summed E-state index contributed by atoms with van der Waals surface area (Å²) in [5, 5.41) is 0.890. The lowest BCUT2D eigenvalue weighted by Crippen LogP contribution is -2.58. The molecule has 0 aromatic heterocycles. The van der Waals surface area contributed by atoms with E-state index in [2.05, 4.69) is 18.1 Å². The molecule has 2 unspecified atom stereocenters. The second-order valence-corrected chi connectivity index (χ2v) is 7.36. The number of likely N-dealkylation sites (tertiary alicyclic amines) is 1. The lowest BCUT2D eigenvalue weighted by Gasteiger charge is -2.50. The van der Waals surface area contributed by atoms with Gasteiger partial charge in [-0.05, 0) is 50.9 Å². The maximum Gasteiger partial charge on any atom is 0.0334 e. The largest absolute Gasteiger partial charge is 0.329 e. The highest BCUT2D eigenvalue weighted by Gasteiger charge is 2.40. The van der Waals surface area contributed by atoms with Gasteiger partial charge in [0.2, 0.25) is 0 Å². The van der Waals surface area contributed by atoms with Crippen LogP contribution in [-0.4, -0.2) is 41.6 Å². The van der Waals surface area contributed by atoms with Gasteiger partial charge in [0.05, 0.1) is 0 Å². The van der Waals surface area contributed by atoms with Crippen LogP contribution >= 0.6 is 11.8 Å². The van der Waals surface area contributed by atoms with E-state index in [1.165, 1.54) is 58.0 Å². The monoisotopic (exact) mass is 270 g/mol. The fourth-order valence-electron chi connectivity index (χ4n) is 3.98. The number of hydrogen-bond donors (Lipinski definition) is 1. The molecule has 2 nitrogen and oxygen atoms in total. The van der Waals surface area contributed by atoms with E-state index < -0.39 is 0 Å². The predicted octanol–water partition coefficient (Wildman–Crippen LogP) is 3.11. The Bertz CT molecular complexity index is 251. The first-order valence-corrected chi connectivity index (χ1v) is 9.01. The summed E-state index contributed by atoms with van der Waals surface area (Å²) in [5.74, 6) is 0.917. The Labute approximate surface area is 117 Å². The Morgan fingerprint density at radius 2 is 2.00 bits per heavy atom. The van der Waals surface area contributed by atoms with Gasteiger partial charge < -0.3 is 5.73 Å². The topological polar surface area (TPSA) is 29.3 Å². The minimum absolute atomic E-state index is 0.350. The molecule has 18 heavy (non-hydrogen) atoms. The van der Waals surface area contributed by atoms with Crippen molar-refractivity contribution in [1.29, 1.82) is 0 Å². The Kier molecular flexibility index (Phi) is 5.40. The van der Waals surface area contributed by atoms with Crippen molar-refractivity contribution < 1.29 is 0 Å². The first kappa shape index (κ1) is 14.7. The van der Waals surface area contributed by atoms with E-state index in [0.717, 1.165) is 17.7 Å². The second-order valence-electron chi connectivity index (χ2n) is 6.22. The summed E-state index contributed by atoms with van der Waals surface area (Å²) in [5.41, 5.74) is 6.56. The van der Waals surface area contributed by atoms with Crippen LogP contribution in [0.2, 0.25) is 0 Å². The zero-order chi connectivity index (χ0) is 13.0. The SMILES string of the molecule is CCC1CCCC(CN)(N2CCC(SC)CC2)C1. The van der Waals surface area contributed by atoms with E-state index >= 15 is 0 Å². The van der Waals surface area contributed by atoms with Crippen LogP contribution in [0.3, 0.4) is 0 Å². The molecule has 1 heterocycles. The maximum absolute atomic E-state index is 6.21. The smallest absolute Gasteiger partial charge is 0.0334 e. The Morgan fingerprint density at radius 3 is 2.56 bits per heavy atom. The quantitative estimate of drug-likeness (QED) is 0.851. The van der Waals surface area contributed by atoms with Crippen LogP contribution < -0.4 is 5.73 Å². The fraction of sp³-hybridized carbons (Fsp3) is 1.00. The summed E-state index contributed by atoms with van der Waals surface area (Å²) < 4.78 is 0. The summed E-state index contributed by atoms with van der Waals surface area (Å²) in [6, 6.07) is 0. The molecule has 0 spiro atoms. The average molecular weight is 270 g/mol. The first-order valence-electron chi connectivity index (χ1n) is 7.72. The lowest BCUT2D eigenvalue weighted by molar-refractivity contribution is 0.0220. The third kappa shape index (κ3) is 3.05. The molecule has 0 bridgehead atoms. The van der Waals surface area contributed by atoms with Crippen molar-refractivity contribution in [3.05, 3.63) is 0 Å². The van der Waals surface area contributed by atoms with Crippen molar-refractivity contribution in [3.63, 3.8) is 0 Å². The van der Waals surface area contributed by atoms with Gasteiger partial charge >= 0.3 is 0 Å². The Morgan fingerprint density at radius 1 is 1.28 bits per heavy atom. The van der Waals surface area contributed by atoms with Gasteiger partial charge in [-0.1, -0.05) is 26.2 Å². The van der Waals surface area contributed by atoms with Crippen molar-refractivity contribution in [2.24, 2.45) is 11.7 Å². The van der Waals surface area contributed by atoms with Crippen LogP contribution in [0.25, 0.3) is 0 Å². The van der Waals surface area contributed by atoms with Crippen molar-refractivity contribution in [1.82, 2.24) is 4.90 Å². The van der Waals surface area contributed by atoms with E-state index in [9.17, 15) is 0 Å². The van der Waals surface area contributed by atoms with E-state index in [-0.39, 0.29) is 0 Å².